The maximum absolute atomic E-state index is 12.7. The van der Waals surface area contributed by atoms with Gasteiger partial charge in [0, 0.05) is 13.0 Å². The lowest BCUT2D eigenvalue weighted by molar-refractivity contribution is -0.154. The zero-order chi connectivity index (χ0) is 21.8. The van der Waals surface area contributed by atoms with E-state index in [4.69, 9.17) is 4.74 Å². The average Bonchev–Trinajstić information content (AvgIpc) is 3.19. The first kappa shape index (κ1) is 22.6. The lowest BCUT2D eigenvalue weighted by atomic mass is 9.75. The minimum atomic E-state index is -4.42. The van der Waals surface area contributed by atoms with Gasteiger partial charge in [-0.15, -0.1) is 0 Å². The van der Waals surface area contributed by atoms with E-state index in [1.54, 1.807) is 0 Å². The summed E-state index contributed by atoms with van der Waals surface area (Å²) in [6.45, 7) is 1.64. The van der Waals surface area contributed by atoms with Crippen molar-refractivity contribution in [1.82, 2.24) is 15.0 Å². The quantitative estimate of drug-likeness (QED) is 0.580. The Kier molecular flexibility index (Phi) is 7.22. The molecule has 1 N–H and O–H groups in total. The summed E-state index contributed by atoms with van der Waals surface area (Å²) in [4.78, 5) is 12.9. The molecule has 3 aliphatic rings. The van der Waals surface area contributed by atoms with Crippen LogP contribution in [0.3, 0.4) is 0 Å². The summed E-state index contributed by atoms with van der Waals surface area (Å²) in [6.07, 6.45) is 8.61. The molecule has 1 heterocycles. The molecule has 3 atom stereocenters. The van der Waals surface area contributed by atoms with Gasteiger partial charge in [-0.3, -0.25) is 0 Å². The van der Waals surface area contributed by atoms with Gasteiger partial charge >= 0.3 is 12.2 Å². The van der Waals surface area contributed by atoms with Crippen LogP contribution in [0, 0.1) is 29.6 Å². The molecule has 1 aromatic rings. The highest BCUT2D eigenvalue weighted by molar-refractivity contribution is 5.26. The molecular weight excluding hydrogens is 405 g/mol. The van der Waals surface area contributed by atoms with Crippen molar-refractivity contribution < 1.29 is 17.9 Å². The van der Waals surface area contributed by atoms with Gasteiger partial charge in [-0.1, -0.05) is 39.0 Å². The van der Waals surface area contributed by atoms with Crippen molar-refractivity contribution in [1.29, 1.82) is 0 Å². The van der Waals surface area contributed by atoms with Crippen LogP contribution in [0.5, 0.6) is 6.01 Å². The molecule has 3 fully saturated rings. The van der Waals surface area contributed by atoms with Crippen molar-refractivity contribution >= 4 is 5.95 Å². The fourth-order valence-corrected chi connectivity index (χ4v) is 5.79. The molecule has 8 heteroatoms. The molecule has 0 bridgehead atoms. The second-order valence-corrected chi connectivity index (χ2v) is 10.1. The highest BCUT2D eigenvalue weighted by atomic mass is 19.4. The molecular formula is C23H35F3N4O. The first-order chi connectivity index (χ1) is 14.8. The Morgan fingerprint density at radius 2 is 1.65 bits per heavy atom. The van der Waals surface area contributed by atoms with Crippen LogP contribution in [0.25, 0.3) is 0 Å². The Morgan fingerprint density at radius 1 is 0.903 bits per heavy atom. The van der Waals surface area contributed by atoms with Gasteiger partial charge in [-0.25, -0.2) is 0 Å². The van der Waals surface area contributed by atoms with Crippen LogP contribution in [0.1, 0.15) is 77.0 Å². The Balaban J connectivity index is 1.40. The van der Waals surface area contributed by atoms with E-state index in [0.29, 0.717) is 30.0 Å². The molecule has 3 unspecified atom stereocenters. The lowest BCUT2D eigenvalue weighted by Gasteiger charge is -2.31. The topological polar surface area (TPSA) is 59.9 Å². The standard InChI is InChI=1S/C23H35F3N4O/c1-15-5-7-16(8-6-15)13-27-21-28-20(29-22(30-21)31-14-23(24,25)26)12-17-9-10-18-3-2-4-19(18)11-17/h15-19H,2-14H2,1H3,(H,27,28,29,30). The normalized spacial score (nSPS) is 31.3. The van der Waals surface area contributed by atoms with Crippen LogP contribution in [0.4, 0.5) is 19.1 Å². The summed E-state index contributed by atoms with van der Waals surface area (Å²) in [6, 6.07) is -0.225. The third kappa shape index (κ3) is 6.69. The summed E-state index contributed by atoms with van der Waals surface area (Å²) >= 11 is 0. The Hall–Kier alpha value is -1.60. The molecule has 0 aromatic carbocycles. The van der Waals surface area contributed by atoms with Gasteiger partial charge in [0.25, 0.3) is 0 Å². The second-order valence-electron chi connectivity index (χ2n) is 10.1. The number of anilines is 1. The second kappa shape index (κ2) is 9.90. The molecule has 0 aliphatic heterocycles. The first-order valence-electron chi connectivity index (χ1n) is 12.0. The zero-order valence-corrected chi connectivity index (χ0v) is 18.5. The van der Waals surface area contributed by atoms with Crippen LogP contribution in [-0.2, 0) is 6.42 Å². The highest BCUT2D eigenvalue weighted by Crippen LogP contribution is 2.44. The number of hydrogen-bond donors (Lipinski definition) is 1. The van der Waals surface area contributed by atoms with Crippen molar-refractivity contribution in [3.8, 4) is 6.01 Å². The fourth-order valence-electron chi connectivity index (χ4n) is 5.79. The van der Waals surface area contributed by atoms with Crippen molar-refractivity contribution in [2.75, 3.05) is 18.5 Å². The summed E-state index contributed by atoms with van der Waals surface area (Å²) < 4.78 is 42.8. The number of fused-ring (bicyclic) bond motifs is 1. The Morgan fingerprint density at radius 3 is 2.42 bits per heavy atom. The summed E-state index contributed by atoms with van der Waals surface area (Å²) in [5.41, 5.74) is 0. The van der Waals surface area contributed by atoms with Crippen LogP contribution in [-0.4, -0.2) is 34.3 Å². The predicted octanol–water partition coefficient (Wildman–Crippen LogP) is 5.81. The van der Waals surface area contributed by atoms with E-state index in [-0.39, 0.29) is 6.01 Å². The largest absolute Gasteiger partial charge is 0.454 e. The van der Waals surface area contributed by atoms with Crippen molar-refractivity contribution in [2.24, 2.45) is 29.6 Å². The van der Waals surface area contributed by atoms with Gasteiger partial charge in [-0.2, -0.15) is 28.1 Å². The summed E-state index contributed by atoms with van der Waals surface area (Å²) in [5, 5.41) is 3.26. The molecule has 0 saturated heterocycles. The number of nitrogens with zero attached hydrogens (tertiary/aromatic N) is 3. The molecule has 4 rings (SSSR count). The summed E-state index contributed by atoms with van der Waals surface area (Å²) in [5.74, 6) is 4.38. The maximum Gasteiger partial charge on any atom is 0.422 e. The van der Waals surface area contributed by atoms with Crippen molar-refractivity contribution in [3.63, 3.8) is 0 Å². The Bertz CT molecular complexity index is 721. The molecule has 174 valence electrons. The lowest BCUT2D eigenvalue weighted by Crippen LogP contribution is -2.24. The van der Waals surface area contributed by atoms with Crippen LogP contribution in [0.2, 0.25) is 0 Å². The van der Waals surface area contributed by atoms with E-state index < -0.39 is 12.8 Å². The number of hydrogen-bond acceptors (Lipinski definition) is 5. The van der Waals surface area contributed by atoms with E-state index >= 15 is 0 Å². The van der Waals surface area contributed by atoms with E-state index in [2.05, 4.69) is 27.2 Å². The zero-order valence-electron chi connectivity index (χ0n) is 18.5. The number of halogens is 3. The third-order valence-electron chi connectivity index (χ3n) is 7.58. The summed E-state index contributed by atoms with van der Waals surface area (Å²) in [7, 11) is 0. The molecule has 1 aromatic heterocycles. The molecule has 0 amide bonds. The van der Waals surface area contributed by atoms with Gasteiger partial charge in [0.05, 0.1) is 0 Å². The third-order valence-corrected chi connectivity index (χ3v) is 7.58. The van der Waals surface area contributed by atoms with Crippen molar-refractivity contribution in [2.45, 2.75) is 83.7 Å². The molecule has 5 nitrogen and oxygen atoms in total. The molecule has 0 spiro atoms. The van der Waals surface area contributed by atoms with Crippen molar-refractivity contribution in [3.05, 3.63) is 5.82 Å². The first-order valence-corrected chi connectivity index (χ1v) is 12.0. The highest BCUT2D eigenvalue weighted by Gasteiger charge is 2.34. The van der Waals surface area contributed by atoms with Crippen LogP contribution in [0.15, 0.2) is 0 Å². The Labute approximate surface area is 183 Å². The smallest absolute Gasteiger partial charge is 0.422 e. The van der Waals surface area contributed by atoms with Gasteiger partial charge in [-0.05, 0) is 61.7 Å². The number of rotatable bonds is 7. The van der Waals surface area contributed by atoms with Crippen LogP contribution < -0.4 is 10.1 Å². The molecule has 31 heavy (non-hydrogen) atoms. The molecule has 3 saturated carbocycles. The van der Waals surface area contributed by atoms with Gasteiger partial charge in [0.2, 0.25) is 5.95 Å². The predicted molar refractivity (Wildman–Crippen MR) is 113 cm³/mol. The minimum absolute atomic E-state index is 0.225. The van der Waals surface area contributed by atoms with E-state index in [9.17, 15) is 13.2 Å². The average molecular weight is 441 g/mol. The van der Waals surface area contributed by atoms with Crippen LogP contribution >= 0.6 is 0 Å². The number of nitrogens with one attached hydrogen (secondary N) is 1. The van der Waals surface area contributed by atoms with Gasteiger partial charge < -0.3 is 10.1 Å². The van der Waals surface area contributed by atoms with Gasteiger partial charge in [0.15, 0.2) is 6.61 Å². The van der Waals surface area contributed by atoms with E-state index in [1.807, 2.05) is 0 Å². The van der Waals surface area contributed by atoms with E-state index in [0.717, 1.165) is 43.6 Å². The monoisotopic (exact) mass is 440 g/mol. The minimum Gasteiger partial charge on any atom is -0.454 e. The SMILES string of the molecule is CC1CCC(CNc2nc(CC3CCC4CCCC4C3)nc(OCC(F)(F)F)n2)CC1. The molecule has 3 aliphatic carbocycles. The number of ether oxygens (including phenoxy) is 1. The number of alkyl halides is 3. The maximum atomic E-state index is 12.7. The van der Waals surface area contributed by atoms with E-state index in [1.165, 1.54) is 44.9 Å². The fraction of sp³-hybridized carbons (Fsp3) is 0.870. The molecule has 0 radical (unpaired) electrons. The number of aromatic nitrogens is 3. The van der Waals surface area contributed by atoms with Gasteiger partial charge in [0.1, 0.15) is 5.82 Å².